The number of rotatable bonds is 8. The van der Waals surface area contributed by atoms with Gasteiger partial charge in [0.1, 0.15) is 23.9 Å². The lowest BCUT2D eigenvalue weighted by Crippen LogP contribution is -2.37. The number of nitrogens with one attached hydrogen (secondary N) is 1. The van der Waals surface area contributed by atoms with E-state index in [4.69, 9.17) is 9.26 Å². The van der Waals surface area contributed by atoms with Crippen LogP contribution in [0.4, 0.5) is 9.18 Å². The smallest absolute Gasteiger partial charge is 0.293 e. The fourth-order valence-electron chi connectivity index (χ4n) is 3.40. The van der Waals surface area contributed by atoms with Crippen LogP contribution in [0.25, 0.3) is 6.08 Å². The molecule has 2 heterocycles. The van der Waals surface area contributed by atoms with E-state index in [-0.39, 0.29) is 36.1 Å². The minimum Gasteiger partial charge on any atom is -0.489 e. The third-order valence-corrected chi connectivity index (χ3v) is 6.25. The van der Waals surface area contributed by atoms with Crippen molar-refractivity contribution in [1.82, 2.24) is 15.4 Å². The van der Waals surface area contributed by atoms with E-state index < -0.39 is 17.0 Å². The van der Waals surface area contributed by atoms with Crippen molar-refractivity contribution >= 4 is 34.9 Å². The summed E-state index contributed by atoms with van der Waals surface area (Å²) in [5.41, 5.74) is 2.19. The molecule has 3 amide bonds. The quantitative estimate of drug-likeness (QED) is 0.460. The number of ether oxygens (including phenoxy) is 1. The van der Waals surface area contributed by atoms with E-state index in [9.17, 15) is 18.8 Å². The van der Waals surface area contributed by atoms with Crippen molar-refractivity contribution in [2.75, 3.05) is 13.1 Å². The molecular formula is C25H22FN3O5S. The second-order valence-electron chi connectivity index (χ2n) is 7.73. The van der Waals surface area contributed by atoms with Gasteiger partial charge in [-0.2, -0.15) is 0 Å². The summed E-state index contributed by atoms with van der Waals surface area (Å²) in [6, 6.07) is 12.7. The van der Waals surface area contributed by atoms with Gasteiger partial charge in [0.2, 0.25) is 0 Å². The molecule has 0 radical (unpaired) electrons. The number of carbonyl (C=O) groups excluding carboxylic acids is 3. The zero-order valence-electron chi connectivity index (χ0n) is 19.0. The van der Waals surface area contributed by atoms with E-state index in [1.165, 1.54) is 18.2 Å². The summed E-state index contributed by atoms with van der Waals surface area (Å²) in [7, 11) is 0. The van der Waals surface area contributed by atoms with Crippen LogP contribution in [0, 0.1) is 19.7 Å². The van der Waals surface area contributed by atoms with Crippen molar-refractivity contribution < 1.29 is 28.0 Å². The second-order valence-corrected chi connectivity index (χ2v) is 8.72. The van der Waals surface area contributed by atoms with Crippen LogP contribution in [0.1, 0.15) is 32.9 Å². The highest BCUT2D eigenvalue weighted by Gasteiger charge is 2.34. The predicted octanol–water partition coefficient (Wildman–Crippen LogP) is 4.48. The molecule has 0 aliphatic carbocycles. The standard InChI is InChI=1S/C25H22FN3O5S/c1-15-20(16(2)34-28-15)14-33-19-8-5-7-18(12-19)23(30)27-10-11-29-24(31)22(35-25(29)32)13-17-6-3-4-9-21(17)26/h3-9,12-13H,10-11,14H2,1-2H3,(H,27,30)/b22-13-. The van der Waals surface area contributed by atoms with Gasteiger partial charge in [-0.05, 0) is 56.0 Å². The lowest BCUT2D eigenvalue weighted by Gasteiger charge is -2.13. The number of halogens is 1. The molecule has 0 bridgehead atoms. The van der Waals surface area contributed by atoms with Crippen molar-refractivity contribution in [2.45, 2.75) is 20.5 Å². The van der Waals surface area contributed by atoms with Gasteiger partial charge in [0.25, 0.3) is 17.1 Å². The van der Waals surface area contributed by atoms with Gasteiger partial charge in [-0.25, -0.2) is 4.39 Å². The number of aromatic nitrogens is 1. The number of imide groups is 1. The average molecular weight is 496 g/mol. The zero-order valence-corrected chi connectivity index (χ0v) is 19.9. The molecule has 10 heteroatoms. The van der Waals surface area contributed by atoms with Gasteiger partial charge in [-0.3, -0.25) is 19.3 Å². The minimum absolute atomic E-state index is 0.00669. The molecule has 1 N–H and O–H groups in total. The zero-order chi connectivity index (χ0) is 24.9. The van der Waals surface area contributed by atoms with Crippen LogP contribution in [-0.4, -0.2) is 40.2 Å². The third-order valence-electron chi connectivity index (χ3n) is 5.35. The summed E-state index contributed by atoms with van der Waals surface area (Å²) < 4.78 is 24.8. The Hall–Kier alpha value is -3.92. The van der Waals surface area contributed by atoms with Crippen LogP contribution in [0.2, 0.25) is 0 Å². The number of hydrogen-bond acceptors (Lipinski definition) is 7. The van der Waals surface area contributed by atoms with E-state index in [2.05, 4.69) is 10.5 Å². The molecule has 2 aromatic carbocycles. The Morgan fingerprint density at radius 1 is 1.20 bits per heavy atom. The fraction of sp³-hybridized carbons (Fsp3) is 0.200. The Morgan fingerprint density at radius 2 is 2.00 bits per heavy atom. The molecule has 1 aromatic heterocycles. The van der Waals surface area contributed by atoms with Crippen LogP contribution in [-0.2, 0) is 11.4 Å². The maximum absolute atomic E-state index is 13.9. The molecule has 1 aliphatic heterocycles. The van der Waals surface area contributed by atoms with Gasteiger partial charge in [0.15, 0.2) is 0 Å². The molecule has 0 saturated carbocycles. The number of hydrogen-bond donors (Lipinski definition) is 1. The molecule has 0 atom stereocenters. The predicted molar refractivity (Wildman–Crippen MR) is 128 cm³/mol. The normalized spacial score (nSPS) is 14.6. The van der Waals surface area contributed by atoms with Crippen molar-refractivity contribution in [2.24, 2.45) is 0 Å². The summed E-state index contributed by atoms with van der Waals surface area (Å²) in [6.07, 6.45) is 1.35. The summed E-state index contributed by atoms with van der Waals surface area (Å²) in [5, 5.41) is 6.12. The van der Waals surface area contributed by atoms with Crippen molar-refractivity contribution in [1.29, 1.82) is 0 Å². The first-order valence-electron chi connectivity index (χ1n) is 10.8. The molecule has 1 fully saturated rings. The first-order valence-corrected chi connectivity index (χ1v) is 11.6. The first-order chi connectivity index (χ1) is 16.8. The van der Waals surface area contributed by atoms with E-state index in [1.54, 1.807) is 43.3 Å². The highest BCUT2D eigenvalue weighted by atomic mass is 32.2. The number of nitrogens with zero attached hydrogens (tertiary/aromatic N) is 2. The highest BCUT2D eigenvalue weighted by Crippen LogP contribution is 2.32. The van der Waals surface area contributed by atoms with Crippen LogP contribution in [0.3, 0.4) is 0 Å². The highest BCUT2D eigenvalue weighted by molar-refractivity contribution is 8.18. The van der Waals surface area contributed by atoms with Crippen LogP contribution >= 0.6 is 11.8 Å². The average Bonchev–Trinajstić information content (AvgIpc) is 3.31. The first kappa shape index (κ1) is 24.2. The molecule has 8 nitrogen and oxygen atoms in total. The number of benzene rings is 2. The monoisotopic (exact) mass is 495 g/mol. The topological polar surface area (TPSA) is 102 Å². The fourth-order valence-corrected chi connectivity index (χ4v) is 4.26. The summed E-state index contributed by atoms with van der Waals surface area (Å²) in [5.74, 6) is -0.201. The summed E-state index contributed by atoms with van der Waals surface area (Å²) >= 11 is 0.740. The number of thioether (sulfide) groups is 1. The Bertz CT molecular complexity index is 1300. The summed E-state index contributed by atoms with van der Waals surface area (Å²) in [6.45, 7) is 3.94. The molecule has 180 valence electrons. The molecular weight excluding hydrogens is 473 g/mol. The van der Waals surface area contributed by atoms with Crippen LogP contribution in [0.15, 0.2) is 58.0 Å². The van der Waals surface area contributed by atoms with Gasteiger partial charge in [-0.15, -0.1) is 0 Å². The van der Waals surface area contributed by atoms with Gasteiger partial charge in [-0.1, -0.05) is 29.4 Å². The van der Waals surface area contributed by atoms with Crippen molar-refractivity contribution in [3.8, 4) is 5.75 Å². The van der Waals surface area contributed by atoms with Gasteiger partial charge in [0.05, 0.1) is 16.2 Å². The molecule has 1 aliphatic rings. The van der Waals surface area contributed by atoms with E-state index in [0.29, 0.717) is 17.1 Å². The van der Waals surface area contributed by atoms with Crippen molar-refractivity contribution in [3.63, 3.8) is 0 Å². The Labute approximate surface area is 205 Å². The van der Waals surface area contributed by atoms with E-state index >= 15 is 0 Å². The number of aryl methyl sites for hydroxylation is 2. The van der Waals surface area contributed by atoms with Gasteiger partial charge in [0, 0.05) is 24.2 Å². The van der Waals surface area contributed by atoms with Crippen molar-refractivity contribution in [3.05, 3.63) is 87.4 Å². The lowest BCUT2D eigenvalue weighted by molar-refractivity contribution is -0.122. The maximum atomic E-state index is 13.9. The molecule has 0 spiro atoms. The molecule has 0 unspecified atom stereocenters. The van der Waals surface area contributed by atoms with Gasteiger partial charge >= 0.3 is 0 Å². The number of amides is 3. The molecule has 4 rings (SSSR count). The third kappa shape index (κ3) is 5.60. The van der Waals surface area contributed by atoms with E-state index in [0.717, 1.165) is 27.9 Å². The lowest BCUT2D eigenvalue weighted by atomic mass is 10.2. The maximum Gasteiger partial charge on any atom is 0.293 e. The molecule has 35 heavy (non-hydrogen) atoms. The Balaban J connectivity index is 1.32. The number of carbonyl (C=O) groups is 3. The largest absolute Gasteiger partial charge is 0.489 e. The van der Waals surface area contributed by atoms with Crippen LogP contribution in [0.5, 0.6) is 5.75 Å². The molecule has 1 saturated heterocycles. The summed E-state index contributed by atoms with van der Waals surface area (Å²) in [4.78, 5) is 38.6. The minimum atomic E-state index is -0.521. The van der Waals surface area contributed by atoms with E-state index in [1.807, 2.05) is 6.92 Å². The molecule has 3 aromatic rings. The Morgan fingerprint density at radius 3 is 2.74 bits per heavy atom. The van der Waals surface area contributed by atoms with Crippen LogP contribution < -0.4 is 10.1 Å². The SMILES string of the molecule is Cc1noc(C)c1COc1cccc(C(=O)NCCN2C(=O)S/C(=C\c3ccccc3F)C2=O)c1. The van der Waals surface area contributed by atoms with Gasteiger partial charge < -0.3 is 14.6 Å². The Kier molecular flexibility index (Phi) is 7.31. The second kappa shape index (κ2) is 10.6.